The quantitative estimate of drug-likeness (QED) is 0.729. The molecule has 2 amide bonds. The molecule has 7 heteroatoms. The highest BCUT2D eigenvalue weighted by molar-refractivity contribution is 9.10. The van der Waals surface area contributed by atoms with E-state index in [-0.39, 0.29) is 37.1 Å². The number of carbonyl (C=O) groups is 2. The number of hydrogen-bond donors (Lipinski definition) is 3. The smallest absolute Gasteiger partial charge is 0.226 e. The SMILES string of the molecule is Cl.NCCC(=O)NCCC(=O)Nc1ccc(Br)cc1. The minimum absolute atomic E-state index is 0. The molecular formula is C12H17BrClN3O2. The van der Waals surface area contributed by atoms with Gasteiger partial charge in [-0.2, -0.15) is 0 Å². The summed E-state index contributed by atoms with van der Waals surface area (Å²) in [5.41, 5.74) is 5.96. The van der Waals surface area contributed by atoms with Crippen molar-refractivity contribution < 1.29 is 9.59 Å². The molecule has 0 spiro atoms. The number of benzene rings is 1. The van der Waals surface area contributed by atoms with Crippen molar-refractivity contribution in [2.75, 3.05) is 18.4 Å². The normalized spacial score (nSPS) is 9.37. The largest absolute Gasteiger partial charge is 0.356 e. The number of amides is 2. The Bertz CT molecular complexity index is 412. The van der Waals surface area contributed by atoms with Gasteiger partial charge in [0.15, 0.2) is 0 Å². The lowest BCUT2D eigenvalue weighted by Crippen LogP contribution is -2.29. The molecule has 0 aromatic heterocycles. The minimum Gasteiger partial charge on any atom is -0.356 e. The zero-order chi connectivity index (χ0) is 13.4. The predicted molar refractivity (Wildman–Crippen MR) is 81.3 cm³/mol. The van der Waals surface area contributed by atoms with Crippen LogP contribution in [0.15, 0.2) is 28.7 Å². The number of carbonyl (C=O) groups excluding carboxylic acids is 2. The Morgan fingerprint density at radius 1 is 1.11 bits per heavy atom. The molecular weight excluding hydrogens is 334 g/mol. The fourth-order valence-electron chi connectivity index (χ4n) is 1.29. The Balaban J connectivity index is 0.00000324. The summed E-state index contributed by atoms with van der Waals surface area (Å²) in [5, 5.41) is 5.36. The van der Waals surface area contributed by atoms with Crippen molar-refractivity contribution in [3.05, 3.63) is 28.7 Å². The first-order valence-corrected chi connectivity index (χ1v) is 6.43. The maximum absolute atomic E-state index is 11.5. The van der Waals surface area contributed by atoms with E-state index < -0.39 is 0 Å². The lowest BCUT2D eigenvalue weighted by Gasteiger charge is -2.06. The third kappa shape index (κ3) is 7.81. The average molecular weight is 351 g/mol. The summed E-state index contributed by atoms with van der Waals surface area (Å²) in [6, 6.07) is 7.29. The van der Waals surface area contributed by atoms with E-state index in [4.69, 9.17) is 5.73 Å². The van der Waals surface area contributed by atoms with Crippen molar-refractivity contribution in [1.82, 2.24) is 5.32 Å². The van der Waals surface area contributed by atoms with Crippen LogP contribution < -0.4 is 16.4 Å². The third-order valence-electron chi connectivity index (χ3n) is 2.17. The van der Waals surface area contributed by atoms with Crippen molar-refractivity contribution >= 4 is 45.8 Å². The highest BCUT2D eigenvalue weighted by atomic mass is 79.9. The van der Waals surface area contributed by atoms with E-state index in [9.17, 15) is 9.59 Å². The van der Waals surface area contributed by atoms with Crippen LogP contribution >= 0.6 is 28.3 Å². The molecule has 0 saturated carbocycles. The maximum Gasteiger partial charge on any atom is 0.226 e. The van der Waals surface area contributed by atoms with Gasteiger partial charge >= 0.3 is 0 Å². The lowest BCUT2D eigenvalue weighted by atomic mass is 10.3. The van der Waals surface area contributed by atoms with Crippen molar-refractivity contribution in [1.29, 1.82) is 0 Å². The van der Waals surface area contributed by atoms with E-state index in [1.165, 1.54) is 0 Å². The van der Waals surface area contributed by atoms with Crippen molar-refractivity contribution in [3.8, 4) is 0 Å². The predicted octanol–water partition coefficient (Wildman–Crippen LogP) is 1.66. The molecule has 1 aromatic carbocycles. The fraction of sp³-hybridized carbons (Fsp3) is 0.333. The zero-order valence-corrected chi connectivity index (χ0v) is 12.7. The Kier molecular flexibility index (Phi) is 9.20. The van der Waals surface area contributed by atoms with Crippen LogP contribution in [0.1, 0.15) is 12.8 Å². The molecule has 5 nitrogen and oxygen atoms in total. The van der Waals surface area contributed by atoms with Gasteiger partial charge in [-0.3, -0.25) is 9.59 Å². The summed E-state index contributed by atoms with van der Waals surface area (Å²) in [6.07, 6.45) is 0.528. The molecule has 1 rings (SSSR count). The Hall–Kier alpha value is -1.11. The molecule has 0 aliphatic carbocycles. The molecule has 0 aliphatic rings. The first-order chi connectivity index (χ1) is 8.61. The van der Waals surface area contributed by atoms with Crippen molar-refractivity contribution in [2.45, 2.75) is 12.8 Å². The van der Waals surface area contributed by atoms with Gasteiger partial charge in [-0.25, -0.2) is 0 Å². The Morgan fingerprint density at radius 3 is 2.32 bits per heavy atom. The van der Waals surface area contributed by atoms with Gasteiger partial charge in [-0.1, -0.05) is 15.9 Å². The molecule has 0 unspecified atom stereocenters. The van der Waals surface area contributed by atoms with E-state index in [2.05, 4.69) is 26.6 Å². The van der Waals surface area contributed by atoms with Crippen molar-refractivity contribution in [2.24, 2.45) is 5.73 Å². The lowest BCUT2D eigenvalue weighted by molar-refractivity contribution is -0.121. The van der Waals surface area contributed by atoms with Crippen LogP contribution in [0.4, 0.5) is 5.69 Å². The van der Waals surface area contributed by atoms with E-state index in [0.717, 1.165) is 10.2 Å². The molecule has 0 saturated heterocycles. The minimum atomic E-state index is -0.134. The van der Waals surface area contributed by atoms with E-state index in [0.29, 0.717) is 13.1 Å². The van der Waals surface area contributed by atoms with E-state index in [1.54, 1.807) is 12.1 Å². The highest BCUT2D eigenvalue weighted by Crippen LogP contribution is 2.14. The number of nitrogens with two attached hydrogens (primary N) is 1. The van der Waals surface area contributed by atoms with Crippen molar-refractivity contribution in [3.63, 3.8) is 0 Å². The topological polar surface area (TPSA) is 84.2 Å². The summed E-state index contributed by atoms with van der Waals surface area (Å²) in [4.78, 5) is 22.6. The molecule has 4 N–H and O–H groups in total. The monoisotopic (exact) mass is 349 g/mol. The van der Waals surface area contributed by atoms with Gasteiger partial charge in [0.05, 0.1) is 0 Å². The molecule has 0 heterocycles. The van der Waals surface area contributed by atoms with E-state index >= 15 is 0 Å². The maximum atomic E-state index is 11.5. The van der Waals surface area contributed by atoms with E-state index in [1.807, 2.05) is 12.1 Å². The first-order valence-electron chi connectivity index (χ1n) is 5.64. The van der Waals surface area contributed by atoms with Crippen LogP contribution in [0.2, 0.25) is 0 Å². The summed E-state index contributed by atoms with van der Waals surface area (Å²) < 4.78 is 0.953. The molecule has 0 radical (unpaired) electrons. The highest BCUT2D eigenvalue weighted by Gasteiger charge is 2.04. The molecule has 1 aromatic rings. The Morgan fingerprint density at radius 2 is 1.74 bits per heavy atom. The molecule has 19 heavy (non-hydrogen) atoms. The number of hydrogen-bond acceptors (Lipinski definition) is 3. The van der Waals surface area contributed by atoms with Crippen LogP contribution in [-0.2, 0) is 9.59 Å². The molecule has 0 fully saturated rings. The van der Waals surface area contributed by atoms with Crippen LogP contribution in [0.3, 0.4) is 0 Å². The fourth-order valence-corrected chi connectivity index (χ4v) is 1.56. The second-order valence-corrected chi connectivity index (χ2v) is 4.61. The summed E-state index contributed by atoms with van der Waals surface area (Å²) in [5.74, 6) is -0.265. The van der Waals surface area contributed by atoms with Gasteiger partial charge in [-0.15, -0.1) is 12.4 Å². The summed E-state index contributed by atoms with van der Waals surface area (Å²) in [6.45, 7) is 0.637. The first kappa shape index (κ1) is 17.9. The second kappa shape index (κ2) is 9.77. The van der Waals surface area contributed by atoms with Crippen LogP contribution in [0, 0.1) is 0 Å². The van der Waals surface area contributed by atoms with Gasteiger partial charge in [0.25, 0.3) is 0 Å². The van der Waals surface area contributed by atoms with Gasteiger partial charge in [0, 0.05) is 36.1 Å². The number of halogens is 2. The second-order valence-electron chi connectivity index (χ2n) is 3.69. The number of anilines is 1. The van der Waals surface area contributed by atoms with Gasteiger partial charge in [0.2, 0.25) is 11.8 Å². The average Bonchev–Trinajstić information content (AvgIpc) is 2.32. The van der Waals surface area contributed by atoms with Gasteiger partial charge in [-0.05, 0) is 24.3 Å². The third-order valence-corrected chi connectivity index (χ3v) is 2.70. The molecule has 0 bridgehead atoms. The standard InChI is InChI=1S/C12H16BrN3O2.ClH/c13-9-1-3-10(4-2-9)16-12(18)6-8-15-11(17)5-7-14;/h1-4H,5-8,14H2,(H,15,17)(H,16,18);1H. The molecule has 106 valence electrons. The summed E-state index contributed by atoms with van der Waals surface area (Å²) >= 11 is 3.31. The number of nitrogens with one attached hydrogen (secondary N) is 2. The van der Waals surface area contributed by atoms with Crippen LogP contribution in [0.25, 0.3) is 0 Å². The molecule has 0 aliphatic heterocycles. The van der Waals surface area contributed by atoms with Crippen LogP contribution in [-0.4, -0.2) is 24.9 Å². The summed E-state index contributed by atoms with van der Waals surface area (Å²) in [7, 11) is 0. The molecule has 0 atom stereocenters. The van der Waals surface area contributed by atoms with Crippen LogP contribution in [0.5, 0.6) is 0 Å². The Labute approximate surface area is 126 Å². The zero-order valence-electron chi connectivity index (χ0n) is 10.3. The number of rotatable bonds is 6. The van der Waals surface area contributed by atoms with Gasteiger partial charge < -0.3 is 16.4 Å². The van der Waals surface area contributed by atoms with Gasteiger partial charge in [0.1, 0.15) is 0 Å².